The molecule has 5 rings (SSSR count). The number of nitrogens with zero attached hydrogens (tertiary/aromatic N) is 3. The van der Waals surface area contributed by atoms with Gasteiger partial charge in [0.2, 0.25) is 11.8 Å². The number of hydrogen-bond acceptors (Lipinski definition) is 4. The minimum absolute atomic E-state index is 0.0634. The first-order valence-electron chi connectivity index (χ1n) is 13.7. The maximum absolute atomic E-state index is 13.6. The molecule has 3 aliphatic heterocycles. The molecule has 4 amide bonds. The third-order valence-electron chi connectivity index (χ3n) is 9.32. The molecule has 37 heavy (non-hydrogen) atoms. The number of fused-ring (bicyclic) bond motifs is 2. The molecule has 2 bridgehead atoms. The van der Waals surface area contributed by atoms with Crippen molar-refractivity contribution in [2.75, 3.05) is 20.1 Å². The van der Waals surface area contributed by atoms with E-state index in [1.54, 1.807) is 11.9 Å². The molecule has 0 aromatic heterocycles. The molecule has 1 aromatic carbocycles. The Bertz CT molecular complexity index is 1010. The third-order valence-corrected chi connectivity index (χ3v) is 9.32. The fraction of sp³-hybridized carbons (Fsp3) is 0.679. The molecule has 202 valence electrons. The van der Waals surface area contributed by atoms with Crippen molar-refractivity contribution >= 4 is 17.8 Å². The zero-order valence-corrected chi connectivity index (χ0v) is 21.8. The minimum atomic E-state index is -2.66. The number of nitrogens with one attached hydrogen (secondary N) is 1. The van der Waals surface area contributed by atoms with Crippen LogP contribution >= 0.6 is 0 Å². The van der Waals surface area contributed by atoms with Crippen molar-refractivity contribution in [1.82, 2.24) is 20.0 Å². The van der Waals surface area contributed by atoms with Crippen LogP contribution in [-0.2, 0) is 9.59 Å². The Labute approximate surface area is 217 Å². The van der Waals surface area contributed by atoms with E-state index in [4.69, 9.17) is 0 Å². The lowest BCUT2D eigenvalue weighted by Gasteiger charge is -2.46. The fourth-order valence-corrected chi connectivity index (χ4v) is 7.13. The van der Waals surface area contributed by atoms with E-state index in [2.05, 4.69) is 10.2 Å². The van der Waals surface area contributed by atoms with Crippen molar-refractivity contribution in [2.24, 2.45) is 5.92 Å². The van der Waals surface area contributed by atoms with Gasteiger partial charge in [-0.05, 0) is 57.4 Å². The average Bonchev–Trinajstić information content (AvgIpc) is 3.22. The Balaban J connectivity index is 1.26. The van der Waals surface area contributed by atoms with Gasteiger partial charge in [-0.1, -0.05) is 30.3 Å². The van der Waals surface area contributed by atoms with Gasteiger partial charge in [0, 0.05) is 51.0 Å². The normalized spacial score (nSPS) is 30.8. The highest BCUT2D eigenvalue weighted by molar-refractivity contribution is 6.07. The standard InChI is InChI=1S/C28H38F2N4O3/c1-3-33-25(36)27(32(2)26(33)37)17-21-9-10-22(18-27)34(21)16-13-23(19-7-5-4-6-8-19)31-24(35)20-11-14-28(29,30)15-12-20/h4-8,20-23H,3,9-18H2,1-2H3,(H,31,35)/t21?,22?,23-,27?/m0/s1. The van der Waals surface area contributed by atoms with Crippen molar-refractivity contribution in [3.8, 4) is 0 Å². The molecule has 2 unspecified atom stereocenters. The van der Waals surface area contributed by atoms with E-state index in [-0.39, 0.29) is 67.6 Å². The van der Waals surface area contributed by atoms with Crippen molar-refractivity contribution in [3.63, 3.8) is 0 Å². The van der Waals surface area contributed by atoms with Crippen LogP contribution in [0.15, 0.2) is 30.3 Å². The van der Waals surface area contributed by atoms with Gasteiger partial charge in [-0.25, -0.2) is 13.6 Å². The van der Waals surface area contributed by atoms with Crippen LogP contribution in [0.3, 0.4) is 0 Å². The van der Waals surface area contributed by atoms with Gasteiger partial charge < -0.3 is 10.2 Å². The lowest BCUT2D eigenvalue weighted by Crippen LogP contribution is -2.59. The number of rotatable bonds is 7. The molecule has 1 N–H and O–H groups in total. The zero-order chi connectivity index (χ0) is 26.4. The average molecular weight is 517 g/mol. The van der Waals surface area contributed by atoms with Crippen molar-refractivity contribution < 1.29 is 23.2 Å². The van der Waals surface area contributed by atoms with Crippen LogP contribution < -0.4 is 5.32 Å². The number of carbonyl (C=O) groups excluding carboxylic acids is 3. The molecule has 4 aliphatic rings. The Morgan fingerprint density at radius 1 is 1.05 bits per heavy atom. The van der Waals surface area contributed by atoms with Crippen molar-refractivity contribution in [2.45, 2.75) is 94.3 Å². The molecule has 1 spiro atoms. The number of hydrogen-bond donors (Lipinski definition) is 1. The lowest BCUT2D eigenvalue weighted by atomic mass is 9.81. The first-order chi connectivity index (χ1) is 17.6. The smallest absolute Gasteiger partial charge is 0.327 e. The Hall–Kier alpha value is -2.55. The minimum Gasteiger partial charge on any atom is -0.349 e. The molecule has 1 aliphatic carbocycles. The van der Waals surface area contributed by atoms with E-state index in [9.17, 15) is 23.2 Å². The third kappa shape index (κ3) is 4.75. The molecule has 7 nitrogen and oxygen atoms in total. The van der Waals surface area contributed by atoms with Crippen LogP contribution in [0, 0.1) is 5.92 Å². The van der Waals surface area contributed by atoms with Crippen molar-refractivity contribution in [3.05, 3.63) is 35.9 Å². The van der Waals surface area contributed by atoms with Gasteiger partial charge in [0.05, 0.1) is 6.04 Å². The summed E-state index contributed by atoms with van der Waals surface area (Å²) in [5.41, 5.74) is 0.263. The van der Waals surface area contributed by atoms with Gasteiger partial charge in [0.25, 0.3) is 5.91 Å². The topological polar surface area (TPSA) is 73.0 Å². The summed E-state index contributed by atoms with van der Waals surface area (Å²) < 4.78 is 27.2. The highest BCUT2D eigenvalue weighted by Crippen LogP contribution is 2.47. The Morgan fingerprint density at radius 2 is 1.68 bits per heavy atom. The maximum Gasteiger partial charge on any atom is 0.327 e. The molecule has 1 saturated carbocycles. The van der Waals surface area contributed by atoms with Crippen LogP contribution in [0.4, 0.5) is 13.6 Å². The van der Waals surface area contributed by atoms with Gasteiger partial charge in [-0.15, -0.1) is 0 Å². The van der Waals surface area contributed by atoms with E-state index in [1.807, 2.05) is 37.3 Å². The predicted octanol–water partition coefficient (Wildman–Crippen LogP) is 4.34. The molecule has 4 fully saturated rings. The number of benzene rings is 1. The van der Waals surface area contributed by atoms with Crippen LogP contribution in [0.5, 0.6) is 0 Å². The van der Waals surface area contributed by atoms with Crippen molar-refractivity contribution in [1.29, 1.82) is 0 Å². The summed E-state index contributed by atoms with van der Waals surface area (Å²) in [6, 6.07) is 9.83. The van der Waals surface area contributed by atoms with E-state index in [1.165, 1.54) is 4.90 Å². The van der Waals surface area contributed by atoms with Gasteiger partial charge in [0.15, 0.2) is 0 Å². The molecule has 3 saturated heterocycles. The summed E-state index contributed by atoms with van der Waals surface area (Å²) in [4.78, 5) is 44.6. The van der Waals surface area contributed by atoms with Gasteiger partial charge in [-0.3, -0.25) is 19.4 Å². The predicted molar refractivity (Wildman–Crippen MR) is 135 cm³/mol. The van der Waals surface area contributed by atoms with Crippen LogP contribution in [-0.4, -0.2) is 76.2 Å². The first kappa shape index (κ1) is 26.1. The van der Waals surface area contributed by atoms with E-state index in [0.29, 0.717) is 25.8 Å². The zero-order valence-electron chi connectivity index (χ0n) is 21.8. The molecule has 3 atom stereocenters. The number of carbonyl (C=O) groups is 3. The summed E-state index contributed by atoms with van der Waals surface area (Å²) in [6.45, 7) is 2.99. The lowest BCUT2D eigenvalue weighted by molar-refractivity contribution is -0.137. The largest absolute Gasteiger partial charge is 0.349 e. The van der Waals surface area contributed by atoms with Gasteiger partial charge in [0.1, 0.15) is 5.54 Å². The second kappa shape index (κ2) is 9.97. The number of likely N-dealkylation sites (N-methyl/N-ethyl adjacent to an activating group) is 2. The number of alkyl halides is 2. The van der Waals surface area contributed by atoms with Crippen LogP contribution in [0.2, 0.25) is 0 Å². The number of piperidine rings is 1. The van der Waals surface area contributed by atoms with E-state index < -0.39 is 11.5 Å². The van der Waals surface area contributed by atoms with Gasteiger partial charge >= 0.3 is 6.03 Å². The summed E-state index contributed by atoms with van der Waals surface area (Å²) in [6.07, 6.45) is 3.93. The number of imide groups is 1. The SMILES string of the molecule is CCN1C(=O)N(C)C2(CC3CCC(C2)N3CC[C@H](NC(=O)C2CCC(F)(F)CC2)c2ccccc2)C1=O. The molecular formula is C28H38F2N4O3. The Morgan fingerprint density at radius 3 is 2.24 bits per heavy atom. The van der Waals surface area contributed by atoms with Gasteiger partial charge in [-0.2, -0.15) is 0 Å². The van der Waals surface area contributed by atoms with Crippen LogP contribution in [0.25, 0.3) is 0 Å². The summed E-state index contributed by atoms with van der Waals surface area (Å²) in [7, 11) is 1.76. The Kier molecular flexibility index (Phi) is 7.02. The molecular weight excluding hydrogens is 478 g/mol. The summed E-state index contributed by atoms with van der Waals surface area (Å²) >= 11 is 0. The highest BCUT2D eigenvalue weighted by atomic mass is 19.3. The molecule has 9 heteroatoms. The summed E-state index contributed by atoms with van der Waals surface area (Å²) in [5.74, 6) is -3.23. The van der Waals surface area contributed by atoms with E-state index in [0.717, 1.165) is 24.9 Å². The quantitative estimate of drug-likeness (QED) is 0.548. The second-order valence-corrected chi connectivity index (χ2v) is 11.3. The highest BCUT2D eigenvalue weighted by Gasteiger charge is 2.61. The maximum atomic E-state index is 13.6. The summed E-state index contributed by atoms with van der Waals surface area (Å²) in [5, 5.41) is 3.18. The molecule has 3 heterocycles. The molecule has 0 radical (unpaired) electrons. The number of amides is 4. The first-order valence-corrected chi connectivity index (χ1v) is 13.7. The second-order valence-electron chi connectivity index (χ2n) is 11.3. The fourth-order valence-electron chi connectivity index (χ4n) is 7.13. The monoisotopic (exact) mass is 516 g/mol. The number of halogens is 2. The molecule has 1 aromatic rings. The van der Waals surface area contributed by atoms with Crippen LogP contribution in [0.1, 0.15) is 76.3 Å². The number of urea groups is 1. The van der Waals surface area contributed by atoms with E-state index >= 15 is 0 Å².